The van der Waals surface area contributed by atoms with Crippen LogP contribution in [0.2, 0.25) is 76.0 Å². The first-order valence-electron chi connectivity index (χ1n) is 13.2. The van der Waals surface area contributed by atoms with Crippen LogP contribution in [0.3, 0.4) is 0 Å². The molecule has 4 unspecified atom stereocenters. The van der Waals surface area contributed by atoms with Crippen molar-refractivity contribution in [1.82, 2.24) is 0 Å². The summed E-state index contributed by atoms with van der Waals surface area (Å²) in [6, 6.07) is -1.35. The Morgan fingerprint density at radius 2 is 1.12 bits per heavy atom. The highest BCUT2D eigenvalue weighted by atomic mass is 35.7. The molecule has 0 aliphatic carbocycles. The van der Waals surface area contributed by atoms with Crippen molar-refractivity contribution in [2.24, 2.45) is 0 Å². The van der Waals surface area contributed by atoms with Crippen LogP contribution >= 0.6 is 22.2 Å². The van der Waals surface area contributed by atoms with E-state index in [9.17, 15) is 39.5 Å². The molecule has 0 aliphatic rings. The normalized spacial score (nSPS) is 19.2. The monoisotopic (exact) mass is 768 g/mol. The van der Waals surface area contributed by atoms with E-state index < -0.39 is 105 Å². The van der Waals surface area contributed by atoms with Gasteiger partial charge in [0.15, 0.2) is 16.6 Å². The first-order valence-corrected chi connectivity index (χ1v) is 31.4. The van der Waals surface area contributed by atoms with Crippen molar-refractivity contribution >= 4 is 71.9 Å². The Kier molecular flexibility index (Phi) is 15.9. The van der Waals surface area contributed by atoms with E-state index >= 15 is 0 Å². The van der Waals surface area contributed by atoms with Crippen LogP contribution in [0, 0.1) is 0 Å². The van der Waals surface area contributed by atoms with Gasteiger partial charge in [0.2, 0.25) is 7.42 Å². The van der Waals surface area contributed by atoms with E-state index in [4.69, 9.17) is 38.6 Å². The van der Waals surface area contributed by atoms with Gasteiger partial charge in [0.05, 0.1) is 0 Å². The van der Waals surface area contributed by atoms with Crippen LogP contribution in [0.4, 0.5) is 39.5 Å². The summed E-state index contributed by atoms with van der Waals surface area (Å²) in [4.78, 5) is 0. The quantitative estimate of drug-likeness (QED) is 0.0791. The summed E-state index contributed by atoms with van der Waals surface area (Å²) in [5.74, 6) is 0. The molecule has 42 heavy (non-hydrogen) atoms. The molecule has 0 saturated heterocycles. The molecule has 0 bridgehead atoms. The standard InChI is InChI=1S/C21H43Cl2F9O4Si6/c1-10-39(5,6)34-42(9,18(11-14-37(22)23)17-21(30,31)32)36-41(8,16-13-20(27,28)29)35-40(7,33-38(2,3)4)15-12-19(24,25)26/h10,18,37H,1,11-17H2,2-9H3. The van der Waals surface area contributed by atoms with Gasteiger partial charge in [0.1, 0.15) is 0 Å². The molecule has 0 saturated carbocycles. The zero-order valence-corrected chi connectivity index (χ0v) is 32.8. The summed E-state index contributed by atoms with van der Waals surface area (Å²) in [6.45, 7) is 16.0. The second-order valence-electron chi connectivity index (χ2n) is 12.3. The summed E-state index contributed by atoms with van der Waals surface area (Å²) >= 11 is 11.9. The van der Waals surface area contributed by atoms with Gasteiger partial charge in [-0.3, -0.25) is 0 Å². The largest absolute Gasteiger partial charge is 0.437 e. The second-order valence-corrected chi connectivity index (χ2v) is 37.0. The minimum atomic E-state index is -4.69. The maximum Gasteiger partial charge on any atom is 0.389 e. The third kappa shape index (κ3) is 19.4. The Morgan fingerprint density at radius 1 is 0.690 bits per heavy atom. The van der Waals surface area contributed by atoms with Crippen molar-refractivity contribution in [1.29, 1.82) is 0 Å². The average Bonchev–Trinajstić information content (AvgIpc) is 2.70. The van der Waals surface area contributed by atoms with Crippen LogP contribution in [-0.2, 0) is 16.5 Å². The lowest BCUT2D eigenvalue weighted by Crippen LogP contribution is -2.63. The molecule has 21 heteroatoms. The molecule has 4 nitrogen and oxygen atoms in total. The van der Waals surface area contributed by atoms with Gasteiger partial charge in [0.25, 0.3) is 0 Å². The average molecular weight is 770 g/mol. The lowest BCUT2D eigenvalue weighted by Gasteiger charge is -2.47. The molecule has 0 aromatic rings. The number of alkyl halides is 9. The Labute approximate surface area is 259 Å². The molecule has 0 spiro atoms. The Hall–Kier alpha value is 0.831. The van der Waals surface area contributed by atoms with Crippen molar-refractivity contribution in [2.75, 3.05) is 0 Å². The second kappa shape index (κ2) is 15.6. The fourth-order valence-electron chi connectivity index (χ4n) is 4.42. The molecular weight excluding hydrogens is 727 g/mol. The zero-order valence-electron chi connectivity index (χ0n) is 25.2. The summed E-state index contributed by atoms with van der Waals surface area (Å²) in [7, 11) is -20.3. The van der Waals surface area contributed by atoms with E-state index in [1.807, 2.05) is 0 Å². The molecule has 252 valence electrons. The minimum Gasteiger partial charge on any atom is -0.437 e. The Morgan fingerprint density at radius 3 is 1.45 bits per heavy atom. The molecule has 4 atom stereocenters. The Bertz CT molecular complexity index is 862. The number of rotatable bonds is 18. The molecule has 0 fully saturated rings. The molecule has 0 aliphatic heterocycles. The number of halogens is 11. The van der Waals surface area contributed by atoms with Gasteiger partial charge in [-0.15, -0.1) is 6.58 Å². The van der Waals surface area contributed by atoms with E-state index in [-0.39, 0.29) is 12.5 Å². The van der Waals surface area contributed by atoms with E-state index in [0.29, 0.717) is 0 Å². The summed E-state index contributed by atoms with van der Waals surface area (Å²) < 4.78 is 147. The molecule has 0 amide bonds. The van der Waals surface area contributed by atoms with Crippen LogP contribution in [0.5, 0.6) is 0 Å². The topological polar surface area (TPSA) is 36.9 Å². The fraction of sp³-hybridized carbons (Fsp3) is 0.905. The van der Waals surface area contributed by atoms with Crippen molar-refractivity contribution < 1.29 is 56.0 Å². The van der Waals surface area contributed by atoms with E-state index in [0.717, 1.165) is 0 Å². The van der Waals surface area contributed by atoms with Crippen LogP contribution in [-0.4, -0.2) is 68.3 Å². The molecule has 0 N–H and O–H groups in total. The highest BCUT2D eigenvalue weighted by Crippen LogP contribution is 2.44. The molecular formula is C21H43Cl2F9O4Si6. The van der Waals surface area contributed by atoms with Crippen molar-refractivity contribution in [3.8, 4) is 0 Å². The lowest BCUT2D eigenvalue weighted by atomic mass is 10.2. The first-order chi connectivity index (χ1) is 18.3. The SMILES string of the molecule is C=C[Si](C)(C)O[Si](C)(O[Si](C)(CCC(F)(F)F)O[Si](C)(CCC(F)(F)F)O[Si](C)(C)C)C(CC[SiH](Cl)Cl)CC(F)(F)F. The van der Waals surface area contributed by atoms with E-state index in [2.05, 4.69) is 6.58 Å². The third-order valence-electron chi connectivity index (χ3n) is 6.01. The summed E-state index contributed by atoms with van der Waals surface area (Å²) in [6.07, 6.45) is -18.2. The molecule has 0 aromatic heterocycles. The van der Waals surface area contributed by atoms with Gasteiger partial charge in [-0.25, -0.2) is 0 Å². The molecule has 0 aromatic carbocycles. The van der Waals surface area contributed by atoms with E-state index in [1.165, 1.54) is 25.3 Å². The number of hydrogen-bond acceptors (Lipinski definition) is 4. The van der Waals surface area contributed by atoms with Gasteiger partial charge in [-0.1, -0.05) is 5.70 Å². The summed E-state index contributed by atoms with van der Waals surface area (Å²) in [5, 5.41) is 0. The Balaban J connectivity index is 7.05. The van der Waals surface area contributed by atoms with Crippen molar-refractivity contribution in [3.63, 3.8) is 0 Å². The predicted octanol–water partition coefficient (Wildman–Crippen LogP) is 10.3. The molecule has 0 radical (unpaired) electrons. The van der Waals surface area contributed by atoms with Crippen LogP contribution in [0.1, 0.15) is 25.7 Å². The van der Waals surface area contributed by atoms with Gasteiger partial charge in [-0.05, 0) is 76.9 Å². The van der Waals surface area contributed by atoms with Gasteiger partial charge in [-0.2, -0.15) is 61.7 Å². The molecule has 0 rings (SSSR count). The maximum absolute atomic E-state index is 13.8. The first kappa shape index (κ1) is 42.8. The van der Waals surface area contributed by atoms with Gasteiger partial charge in [0, 0.05) is 24.8 Å². The van der Waals surface area contributed by atoms with Crippen LogP contribution < -0.4 is 0 Å². The smallest absolute Gasteiger partial charge is 0.389 e. The predicted molar refractivity (Wildman–Crippen MR) is 164 cm³/mol. The third-order valence-corrected chi connectivity index (χ3v) is 28.1. The summed E-state index contributed by atoms with van der Waals surface area (Å²) in [5.41, 5.74) is 0.123. The molecule has 0 heterocycles. The van der Waals surface area contributed by atoms with Gasteiger partial charge < -0.3 is 16.5 Å². The van der Waals surface area contributed by atoms with Crippen molar-refractivity contribution in [3.05, 3.63) is 12.3 Å². The minimum absolute atomic E-state index is 0.0493. The highest BCUT2D eigenvalue weighted by molar-refractivity contribution is 7.33. The lowest BCUT2D eigenvalue weighted by molar-refractivity contribution is -0.136. The fourth-order valence-corrected chi connectivity index (χ4v) is 30.3. The zero-order chi connectivity index (χ0) is 33.6. The van der Waals surface area contributed by atoms with Crippen LogP contribution in [0.15, 0.2) is 12.3 Å². The van der Waals surface area contributed by atoms with E-state index in [1.54, 1.807) is 32.7 Å². The number of hydrogen-bond donors (Lipinski definition) is 0. The highest BCUT2D eigenvalue weighted by Gasteiger charge is 2.56. The van der Waals surface area contributed by atoms with Crippen molar-refractivity contribution in [2.45, 2.75) is 120 Å². The van der Waals surface area contributed by atoms with Crippen LogP contribution in [0.25, 0.3) is 0 Å². The van der Waals surface area contributed by atoms with Gasteiger partial charge >= 0.3 is 44.2 Å². The maximum atomic E-state index is 13.8.